The van der Waals surface area contributed by atoms with Crippen LogP contribution in [0.3, 0.4) is 0 Å². The first-order chi connectivity index (χ1) is 9.29. The van der Waals surface area contributed by atoms with E-state index in [1.54, 1.807) is 6.92 Å². The summed E-state index contributed by atoms with van der Waals surface area (Å²) in [7, 11) is 0. The Bertz CT molecular complexity index is 515. The number of amidine groups is 1. The second-order valence-corrected chi connectivity index (χ2v) is 3.99. The topological polar surface area (TPSA) is 78.9 Å². The average Bonchev–Trinajstić information content (AvgIpc) is 2.42. The van der Waals surface area contributed by atoms with Crippen molar-refractivity contribution in [1.29, 1.82) is 0 Å². The molecule has 3 N–H and O–H groups in total. The second kappa shape index (κ2) is 6.27. The Morgan fingerprint density at radius 3 is 2.60 bits per heavy atom. The van der Waals surface area contributed by atoms with Gasteiger partial charge in [0, 0.05) is 12.1 Å². The molecule has 0 aliphatic carbocycles. The molecule has 0 unspecified atom stereocenters. The molecule has 0 saturated carbocycles. The van der Waals surface area contributed by atoms with Crippen LogP contribution in [0, 0.1) is 0 Å². The van der Waals surface area contributed by atoms with Gasteiger partial charge in [-0.15, -0.1) is 0 Å². The van der Waals surface area contributed by atoms with Gasteiger partial charge in [-0.25, -0.2) is 0 Å². The molecule has 1 aromatic rings. The van der Waals surface area contributed by atoms with Crippen molar-refractivity contribution in [3.8, 4) is 0 Å². The van der Waals surface area contributed by atoms with Gasteiger partial charge in [-0.05, 0) is 25.1 Å². The Hall–Kier alpha value is -2.25. The van der Waals surface area contributed by atoms with Gasteiger partial charge in [0.1, 0.15) is 0 Å². The van der Waals surface area contributed by atoms with Gasteiger partial charge in [-0.3, -0.25) is 4.79 Å². The minimum atomic E-state index is -4.51. The molecule has 1 amide bonds. The fourth-order valence-electron chi connectivity index (χ4n) is 1.57. The average molecular weight is 289 g/mol. The molecule has 0 fully saturated rings. The Morgan fingerprint density at radius 1 is 1.45 bits per heavy atom. The van der Waals surface area contributed by atoms with Crippen molar-refractivity contribution in [1.82, 2.24) is 4.90 Å². The van der Waals surface area contributed by atoms with Crippen LogP contribution in [-0.4, -0.2) is 34.9 Å². The lowest BCUT2D eigenvalue weighted by atomic mass is 10.1. The molecule has 0 aromatic heterocycles. The van der Waals surface area contributed by atoms with Crippen LogP contribution < -0.4 is 5.73 Å². The number of carbonyl (C=O) groups is 1. The molecule has 5 nitrogen and oxygen atoms in total. The van der Waals surface area contributed by atoms with Gasteiger partial charge in [0.05, 0.1) is 12.1 Å². The number of carbonyl (C=O) groups excluding carboxylic acids is 1. The molecule has 0 spiro atoms. The summed E-state index contributed by atoms with van der Waals surface area (Å²) in [5, 5.41) is 11.2. The van der Waals surface area contributed by atoms with Crippen LogP contribution in [0.25, 0.3) is 0 Å². The van der Waals surface area contributed by atoms with Crippen LogP contribution in [0.5, 0.6) is 0 Å². The predicted molar refractivity (Wildman–Crippen MR) is 66.4 cm³/mol. The van der Waals surface area contributed by atoms with E-state index < -0.39 is 17.6 Å². The molecule has 0 bridgehead atoms. The van der Waals surface area contributed by atoms with E-state index in [-0.39, 0.29) is 24.5 Å². The van der Waals surface area contributed by atoms with E-state index >= 15 is 0 Å². The van der Waals surface area contributed by atoms with Gasteiger partial charge >= 0.3 is 6.18 Å². The van der Waals surface area contributed by atoms with Crippen molar-refractivity contribution in [2.24, 2.45) is 10.9 Å². The number of oxime groups is 1. The highest BCUT2D eigenvalue weighted by atomic mass is 19.4. The van der Waals surface area contributed by atoms with Crippen molar-refractivity contribution in [3.63, 3.8) is 0 Å². The number of nitrogens with two attached hydrogens (primary N) is 1. The number of hydrogen-bond acceptors (Lipinski definition) is 3. The minimum Gasteiger partial charge on any atom is -0.409 e. The number of hydrogen-bond donors (Lipinski definition) is 2. The number of rotatable bonds is 4. The summed E-state index contributed by atoms with van der Waals surface area (Å²) in [6.45, 7) is 1.68. The maximum Gasteiger partial charge on any atom is 0.416 e. The number of benzene rings is 1. The van der Waals surface area contributed by atoms with E-state index in [1.165, 1.54) is 11.0 Å². The molecule has 0 atom stereocenters. The number of nitrogens with zero attached hydrogens (tertiary/aromatic N) is 2. The first kappa shape index (κ1) is 15.8. The van der Waals surface area contributed by atoms with Crippen molar-refractivity contribution >= 4 is 11.7 Å². The van der Waals surface area contributed by atoms with E-state index in [9.17, 15) is 18.0 Å². The molecule has 8 heteroatoms. The molecule has 0 saturated heterocycles. The number of alkyl halides is 3. The zero-order valence-corrected chi connectivity index (χ0v) is 10.7. The van der Waals surface area contributed by atoms with Crippen LogP contribution in [0.2, 0.25) is 0 Å². The predicted octanol–water partition coefficient (Wildman–Crippen LogP) is 1.91. The standard InChI is InChI=1S/C12H14F3N3O2/c1-2-18(7-10(16)17-20)11(19)8-4-3-5-9(6-8)12(13,14)15/h3-6,20H,2,7H2,1H3,(H2,16,17). The normalized spacial score (nSPS) is 12.3. The first-order valence-corrected chi connectivity index (χ1v) is 5.72. The molecule has 0 aliphatic heterocycles. The van der Waals surface area contributed by atoms with Gasteiger partial charge < -0.3 is 15.8 Å². The summed E-state index contributed by atoms with van der Waals surface area (Å²) >= 11 is 0. The van der Waals surface area contributed by atoms with Crippen molar-refractivity contribution in [2.75, 3.05) is 13.1 Å². The monoisotopic (exact) mass is 289 g/mol. The summed E-state index contributed by atoms with van der Waals surface area (Å²) in [5.41, 5.74) is 4.29. The highest BCUT2D eigenvalue weighted by molar-refractivity contribution is 5.97. The Labute approximate surface area is 113 Å². The molecular weight excluding hydrogens is 275 g/mol. The van der Waals surface area contributed by atoms with Crippen LogP contribution in [0.1, 0.15) is 22.8 Å². The van der Waals surface area contributed by atoms with E-state index in [2.05, 4.69) is 5.16 Å². The summed E-state index contributed by atoms with van der Waals surface area (Å²) in [6.07, 6.45) is -4.51. The Kier molecular flexibility index (Phi) is 4.95. The minimum absolute atomic E-state index is 0.104. The molecule has 0 aliphatic rings. The van der Waals surface area contributed by atoms with Crippen molar-refractivity contribution < 1.29 is 23.2 Å². The molecule has 0 radical (unpaired) electrons. The maximum atomic E-state index is 12.6. The lowest BCUT2D eigenvalue weighted by Crippen LogP contribution is -2.38. The van der Waals surface area contributed by atoms with Crippen molar-refractivity contribution in [3.05, 3.63) is 35.4 Å². The van der Waals surface area contributed by atoms with E-state index in [1.807, 2.05) is 0 Å². The number of amides is 1. The van der Waals surface area contributed by atoms with Gasteiger partial charge in [0.2, 0.25) is 0 Å². The lowest BCUT2D eigenvalue weighted by Gasteiger charge is -2.20. The summed E-state index contributed by atoms with van der Waals surface area (Å²) in [6, 6.07) is 4.10. The summed E-state index contributed by atoms with van der Waals surface area (Å²) < 4.78 is 37.7. The zero-order chi connectivity index (χ0) is 15.3. The summed E-state index contributed by atoms with van der Waals surface area (Å²) in [5.74, 6) is -0.822. The number of halogens is 3. The van der Waals surface area contributed by atoms with Crippen LogP contribution in [0.15, 0.2) is 29.4 Å². The first-order valence-electron chi connectivity index (χ1n) is 5.72. The highest BCUT2D eigenvalue weighted by Crippen LogP contribution is 2.29. The van der Waals surface area contributed by atoms with E-state index in [4.69, 9.17) is 10.9 Å². The quantitative estimate of drug-likeness (QED) is 0.384. The third-order valence-electron chi connectivity index (χ3n) is 2.59. The lowest BCUT2D eigenvalue weighted by molar-refractivity contribution is -0.137. The van der Waals surface area contributed by atoms with Crippen LogP contribution in [0.4, 0.5) is 13.2 Å². The van der Waals surface area contributed by atoms with Crippen molar-refractivity contribution in [2.45, 2.75) is 13.1 Å². The van der Waals surface area contributed by atoms with Gasteiger partial charge in [0.15, 0.2) is 5.84 Å². The zero-order valence-electron chi connectivity index (χ0n) is 10.7. The van der Waals surface area contributed by atoms with Gasteiger partial charge in [0.25, 0.3) is 5.91 Å². The second-order valence-electron chi connectivity index (χ2n) is 3.99. The molecule has 0 heterocycles. The molecule has 20 heavy (non-hydrogen) atoms. The number of likely N-dealkylation sites (N-methyl/N-ethyl adjacent to an activating group) is 1. The molecule has 110 valence electrons. The fraction of sp³-hybridized carbons (Fsp3) is 0.333. The third-order valence-corrected chi connectivity index (χ3v) is 2.59. The largest absolute Gasteiger partial charge is 0.416 e. The molecule has 1 rings (SSSR count). The van der Waals surface area contributed by atoms with Gasteiger partial charge in [-0.2, -0.15) is 13.2 Å². The van der Waals surface area contributed by atoms with E-state index in [0.717, 1.165) is 18.2 Å². The molecule has 1 aromatic carbocycles. The maximum absolute atomic E-state index is 12.6. The van der Waals surface area contributed by atoms with Gasteiger partial charge in [-0.1, -0.05) is 11.2 Å². The SMILES string of the molecule is CCN(CC(N)=NO)C(=O)c1cccc(C(F)(F)F)c1. The Balaban J connectivity index is 3.01. The third kappa shape index (κ3) is 3.87. The highest BCUT2D eigenvalue weighted by Gasteiger charge is 2.31. The molecular formula is C12H14F3N3O2. The Morgan fingerprint density at radius 2 is 2.10 bits per heavy atom. The summed E-state index contributed by atoms with van der Waals surface area (Å²) in [4.78, 5) is 13.2. The fourth-order valence-corrected chi connectivity index (χ4v) is 1.57. The smallest absolute Gasteiger partial charge is 0.409 e. The van der Waals surface area contributed by atoms with E-state index in [0.29, 0.717) is 0 Å². The van der Waals surface area contributed by atoms with Crippen LogP contribution >= 0.6 is 0 Å². The van der Waals surface area contributed by atoms with Crippen LogP contribution in [-0.2, 0) is 6.18 Å².